The van der Waals surface area contributed by atoms with Crippen molar-refractivity contribution < 1.29 is 9.53 Å². The van der Waals surface area contributed by atoms with Crippen molar-refractivity contribution in [2.45, 2.75) is 32.1 Å². The number of nitrogens with zero attached hydrogens (tertiary/aromatic N) is 1. The van der Waals surface area contributed by atoms with Crippen LogP contribution in [0.15, 0.2) is 66.7 Å². The molecule has 164 valence electrons. The summed E-state index contributed by atoms with van der Waals surface area (Å²) in [5.41, 5.74) is 2.27. The average molecular weight is 438 g/mol. The van der Waals surface area contributed by atoms with Gasteiger partial charge in [-0.1, -0.05) is 48.5 Å². The Labute approximate surface area is 191 Å². The van der Waals surface area contributed by atoms with Gasteiger partial charge in [0.2, 0.25) is 0 Å². The summed E-state index contributed by atoms with van der Waals surface area (Å²) in [4.78, 5) is 15.2. The quantitative estimate of drug-likeness (QED) is 0.393. The standard InChI is InChI=1S/C27H31NO2.ClH/c1-30-26-12-11-23-19-25(10-9-24(23)20-26)27(29)8-5-15-28-16-13-22(14-17-28)18-21-6-3-2-4-7-21;/h2-4,6-7,9-12,19-20,22H,5,8,13-18H2,1H3;1H. The molecule has 0 N–H and O–H groups in total. The van der Waals surface area contributed by atoms with Crippen LogP contribution in [0.2, 0.25) is 0 Å². The lowest BCUT2D eigenvalue weighted by Crippen LogP contribution is -2.35. The molecule has 0 spiro atoms. The fourth-order valence-corrected chi connectivity index (χ4v) is 4.49. The van der Waals surface area contributed by atoms with Crippen molar-refractivity contribution in [1.29, 1.82) is 0 Å². The predicted octanol–water partition coefficient (Wildman–Crippen LogP) is 6.19. The van der Waals surface area contributed by atoms with Crippen molar-refractivity contribution in [2.24, 2.45) is 5.92 Å². The second kappa shape index (κ2) is 11.3. The number of halogens is 1. The fraction of sp³-hybridized carbons (Fsp3) is 0.370. The molecule has 1 fully saturated rings. The van der Waals surface area contributed by atoms with E-state index in [0.717, 1.165) is 54.1 Å². The first-order valence-corrected chi connectivity index (χ1v) is 11.1. The van der Waals surface area contributed by atoms with Crippen LogP contribution < -0.4 is 4.74 Å². The first kappa shape index (κ1) is 23.3. The molecule has 1 heterocycles. The van der Waals surface area contributed by atoms with Crippen LogP contribution in [0.3, 0.4) is 0 Å². The lowest BCUT2D eigenvalue weighted by molar-refractivity contribution is 0.0970. The Hall–Kier alpha value is -2.36. The predicted molar refractivity (Wildman–Crippen MR) is 131 cm³/mol. The molecule has 1 aliphatic heterocycles. The zero-order chi connectivity index (χ0) is 20.8. The number of carbonyl (C=O) groups is 1. The highest BCUT2D eigenvalue weighted by Gasteiger charge is 2.19. The normalized spacial score (nSPS) is 14.9. The first-order chi connectivity index (χ1) is 14.7. The summed E-state index contributed by atoms with van der Waals surface area (Å²) in [5, 5.41) is 2.19. The largest absolute Gasteiger partial charge is 0.497 e. The molecule has 0 amide bonds. The van der Waals surface area contributed by atoms with Gasteiger partial charge in [0, 0.05) is 12.0 Å². The van der Waals surface area contributed by atoms with Crippen LogP contribution in [0.5, 0.6) is 5.75 Å². The number of benzene rings is 3. The Morgan fingerprint density at radius 3 is 2.42 bits per heavy atom. The Bertz CT molecular complexity index is 981. The van der Waals surface area contributed by atoms with Crippen molar-refractivity contribution in [3.05, 3.63) is 77.9 Å². The van der Waals surface area contributed by atoms with Crippen molar-refractivity contribution >= 4 is 29.0 Å². The number of hydrogen-bond donors (Lipinski definition) is 0. The van der Waals surface area contributed by atoms with E-state index in [4.69, 9.17) is 4.74 Å². The highest BCUT2D eigenvalue weighted by molar-refractivity contribution is 6.00. The summed E-state index contributed by atoms with van der Waals surface area (Å²) in [6, 6.07) is 22.8. The third-order valence-electron chi connectivity index (χ3n) is 6.32. The summed E-state index contributed by atoms with van der Waals surface area (Å²) < 4.78 is 5.28. The monoisotopic (exact) mass is 437 g/mol. The van der Waals surface area contributed by atoms with E-state index in [1.165, 1.54) is 24.8 Å². The molecule has 1 saturated heterocycles. The molecule has 4 rings (SSSR count). The SMILES string of the molecule is COc1ccc2cc(C(=O)CCCN3CCC(Cc4ccccc4)CC3)ccc2c1.Cl. The van der Waals surface area contributed by atoms with E-state index >= 15 is 0 Å². The van der Waals surface area contributed by atoms with E-state index in [0.29, 0.717) is 6.42 Å². The molecule has 0 aliphatic carbocycles. The van der Waals surface area contributed by atoms with Crippen molar-refractivity contribution in [1.82, 2.24) is 4.90 Å². The van der Waals surface area contributed by atoms with Gasteiger partial charge in [-0.05, 0) is 85.8 Å². The number of rotatable bonds is 8. The maximum Gasteiger partial charge on any atom is 0.162 e. The van der Waals surface area contributed by atoms with Crippen LogP contribution in [0.25, 0.3) is 10.8 Å². The topological polar surface area (TPSA) is 29.5 Å². The molecule has 3 aromatic rings. The number of methoxy groups -OCH3 is 1. The third kappa shape index (κ3) is 6.32. The van der Waals surface area contributed by atoms with Crippen molar-refractivity contribution in [3.63, 3.8) is 0 Å². The van der Waals surface area contributed by atoms with Gasteiger partial charge in [0.1, 0.15) is 5.75 Å². The maximum absolute atomic E-state index is 12.7. The van der Waals surface area contributed by atoms with Gasteiger partial charge in [0.25, 0.3) is 0 Å². The van der Waals surface area contributed by atoms with Crippen LogP contribution >= 0.6 is 12.4 Å². The van der Waals surface area contributed by atoms with Gasteiger partial charge < -0.3 is 9.64 Å². The molecule has 0 aromatic heterocycles. The number of ether oxygens (including phenoxy) is 1. The summed E-state index contributed by atoms with van der Waals surface area (Å²) in [6.45, 7) is 3.33. The number of likely N-dealkylation sites (tertiary alicyclic amines) is 1. The van der Waals surface area contributed by atoms with Crippen LogP contribution in [0, 0.1) is 5.92 Å². The number of Topliss-reactive ketones (excluding diaryl/α,β-unsaturated/α-hetero) is 1. The molecule has 0 atom stereocenters. The molecule has 3 aromatic carbocycles. The average Bonchev–Trinajstić information content (AvgIpc) is 2.80. The van der Waals surface area contributed by atoms with Crippen LogP contribution in [0.1, 0.15) is 41.6 Å². The molecule has 1 aliphatic rings. The van der Waals surface area contributed by atoms with Crippen LogP contribution in [-0.2, 0) is 6.42 Å². The van der Waals surface area contributed by atoms with Crippen molar-refractivity contribution in [2.75, 3.05) is 26.7 Å². The molecule has 0 bridgehead atoms. The Morgan fingerprint density at radius 2 is 1.68 bits per heavy atom. The molecule has 0 saturated carbocycles. The lowest BCUT2D eigenvalue weighted by Gasteiger charge is -2.32. The Balaban J connectivity index is 0.00000272. The van der Waals surface area contributed by atoms with Gasteiger partial charge in [-0.15, -0.1) is 12.4 Å². The number of fused-ring (bicyclic) bond motifs is 1. The molecule has 0 radical (unpaired) electrons. The summed E-state index contributed by atoms with van der Waals surface area (Å²) in [6.07, 6.45) is 5.27. The summed E-state index contributed by atoms with van der Waals surface area (Å²) >= 11 is 0. The Kier molecular flexibility index (Phi) is 8.51. The first-order valence-electron chi connectivity index (χ1n) is 11.1. The summed E-state index contributed by atoms with van der Waals surface area (Å²) in [7, 11) is 1.67. The third-order valence-corrected chi connectivity index (χ3v) is 6.32. The minimum Gasteiger partial charge on any atom is -0.497 e. The number of hydrogen-bond acceptors (Lipinski definition) is 3. The van der Waals surface area contributed by atoms with E-state index in [1.54, 1.807) is 7.11 Å². The fourth-order valence-electron chi connectivity index (χ4n) is 4.49. The van der Waals surface area contributed by atoms with E-state index in [-0.39, 0.29) is 18.2 Å². The number of piperidine rings is 1. The van der Waals surface area contributed by atoms with Gasteiger partial charge in [0.05, 0.1) is 7.11 Å². The smallest absolute Gasteiger partial charge is 0.162 e. The van der Waals surface area contributed by atoms with E-state index in [9.17, 15) is 4.79 Å². The molecular weight excluding hydrogens is 406 g/mol. The van der Waals surface area contributed by atoms with Gasteiger partial charge in [-0.25, -0.2) is 0 Å². The van der Waals surface area contributed by atoms with E-state index < -0.39 is 0 Å². The molecule has 0 unspecified atom stereocenters. The zero-order valence-electron chi connectivity index (χ0n) is 18.3. The molecular formula is C27H32ClNO2. The highest BCUT2D eigenvalue weighted by atomic mass is 35.5. The second-order valence-corrected chi connectivity index (χ2v) is 8.43. The minimum atomic E-state index is 0. The van der Waals surface area contributed by atoms with Crippen LogP contribution in [-0.4, -0.2) is 37.4 Å². The maximum atomic E-state index is 12.7. The zero-order valence-corrected chi connectivity index (χ0v) is 19.1. The van der Waals surface area contributed by atoms with E-state index in [1.807, 2.05) is 36.4 Å². The van der Waals surface area contributed by atoms with Gasteiger partial charge in [-0.2, -0.15) is 0 Å². The molecule has 3 nitrogen and oxygen atoms in total. The highest BCUT2D eigenvalue weighted by Crippen LogP contribution is 2.24. The van der Waals surface area contributed by atoms with E-state index in [2.05, 4.69) is 35.2 Å². The number of ketones is 1. The van der Waals surface area contributed by atoms with Gasteiger partial charge in [-0.3, -0.25) is 4.79 Å². The second-order valence-electron chi connectivity index (χ2n) is 8.43. The van der Waals surface area contributed by atoms with Gasteiger partial charge >= 0.3 is 0 Å². The lowest BCUT2D eigenvalue weighted by atomic mass is 9.90. The molecule has 31 heavy (non-hydrogen) atoms. The molecule has 4 heteroatoms. The summed E-state index contributed by atoms with van der Waals surface area (Å²) in [5.74, 6) is 1.88. The minimum absolute atomic E-state index is 0. The Morgan fingerprint density at radius 1 is 0.968 bits per heavy atom. The van der Waals surface area contributed by atoms with Crippen LogP contribution in [0.4, 0.5) is 0 Å². The van der Waals surface area contributed by atoms with Crippen molar-refractivity contribution in [3.8, 4) is 5.75 Å². The number of carbonyl (C=O) groups excluding carboxylic acids is 1. The van der Waals surface area contributed by atoms with Gasteiger partial charge in [0.15, 0.2) is 5.78 Å².